The molecule has 1 aromatic heterocycles. The van der Waals surface area contributed by atoms with Crippen LogP contribution in [0, 0.1) is 5.92 Å². The molecule has 0 aliphatic heterocycles. The van der Waals surface area contributed by atoms with Crippen molar-refractivity contribution in [2.45, 2.75) is 25.3 Å². The smallest absolute Gasteiger partial charge is 0.0561 e. The molecule has 1 fully saturated rings. The van der Waals surface area contributed by atoms with Crippen LogP contribution in [0.2, 0.25) is 0 Å². The highest BCUT2D eigenvalue weighted by atomic mass is 79.9. The Morgan fingerprint density at radius 2 is 2.43 bits per heavy atom. The van der Waals surface area contributed by atoms with Gasteiger partial charge < -0.3 is 5.32 Å². The molecule has 0 radical (unpaired) electrons. The summed E-state index contributed by atoms with van der Waals surface area (Å²) < 4.78 is 1.13. The van der Waals surface area contributed by atoms with Gasteiger partial charge in [0, 0.05) is 23.1 Å². The number of likely N-dealkylation sites (N-methyl/N-ethyl adjacent to an activating group) is 1. The largest absolute Gasteiger partial charge is 0.316 e. The summed E-state index contributed by atoms with van der Waals surface area (Å²) in [5, 5.41) is 3.38. The first-order valence-corrected chi connectivity index (χ1v) is 5.87. The van der Waals surface area contributed by atoms with E-state index in [4.69, 9.17) is 0 Å². The Morgan fingerprint density at radius 3 is 3.00 bits per heavy atom. The SMILES string of the molecule is CNC(Cc1ncccc1Br)C1CC1. The van der Waals surface area contributed by atoms with Gasteiger partial charge >= 0.3 is 0 Å². The molecule has 0 bridgehead atoms. The van der Waals surface area contributed by atoms with Crippen molar-refractivity contribution < 1.29 is 0 Å². The second-order valence-corrected chi connectivity index (χ2v) is 4.72. The highest BCUT2D eigenvalue weighted by Gasteiger charge is 2.30. The molecule has 2 nitrogen and oxygen atoms in total. The summed E-state index contributed by atoms with van der Waals surface area (Å²) in [4.78, 5) is 4.39. The van der Waals surface area contributed by atoms with E-state index in [0.29, 0.717) is 6.04 Å². The summed E-state index contributed by atoms with van der Waals surface area (Å²) in [6.07, 6.45) is 5.63. The van der Waals surface area contributed by atoms with Crippen LogP contribution < -0.4 is 5.32 Å². The molecule has 1 atom stereocenters. The fourth-order valence-electron chi connectivity index (χ4n) is 1.78. The third kappa shape index (κ3) is 2.34. The zero-order chi connectivity index (χ0) is 9.97. The molecule has 1 saturated carbocycles. The van der Waals surface area contributed by atoms with Crippen LogP contribution in [0.25, 0.3) is 0 Å². The summed E-state index contributed by atoms with van der Waals surface area (Å²) in [7, 11) is 2.04. The predicted molar refractivity (Wildman–Crippen MR) is 61.2 cm³/mol. The number of aromatic nitrogens is 1. The third-order valence-electron chi connectivity index (χ3n) is 2.81. The fourth-order valence-corrected chi connectivity index (χ4v) is 2.20. The minimum absolute atomic E-state index is 0.598. The average molecular weight is 255 g/mol. The van der Waals surface area contributed by atoms with E-state index in [0.717, 1.165) is 16.8 Å². The molecule has 14 heavy (non-hydrogen) atoms. The van der Waals surface area contributed by atoms with Gasteiger partial charge in [0.15, 0.2) is 0 Å². The molecular formula is C11H15BrN2. The Morgan fingerprint density at radius 1 is 1.64 bits per heavy atom. The average Bonchev–Trinajstić information content (AvgIpc) is 3.00. The second-order valence-electron chi connectivity index (χ2n) is 3.87. The van der Waals surface area contributed by atoms with E-state index in [2.05, 4.69) is 32.3 Å². The van der Waals surface area contributed by atoms with Gasteiger partial charge in [0.25, 0.3) is 0 Å². The van der Waals surface area contributed by atoms with E-state index in [1.165, 1.54) is 18.5 Å². The summed E-state index contributed by atoms with van der Waals surface area (Å²) in [5.74, 6) is 0.869. The maximum absolute atomic E-state index is 4.39. The maximum Gasteiger partial charge on any atom is 0.0561 e. The topological polar surface area (TPSA) is 24.9 Å². The van der Waals surface area contributed by atoms with Gasteiger partial charge in [0.1, 0.15) is 0 Å². The lowest BCUT2D eigenvalue weighted by Gasteiger charge is -2.15. The Bertz CT molecular complexity index is 310. The van der Waals surface area contributed by atoms with Crippen LogP contribution in [-0.4, -0.2) is 18.1 Å². The summed E-state index contributed by atoms with van der Waals surface area (Å²) in [6.45, 7) is 0. The summed E-state index contributed by atoms with van der Waals surface area (Å²) >= 11 is 3.53. The minimum Gasteiger partial charge on any atom is -0.316 e. The molecule has 76 valence electrons. The molecule has 3 heteroatoms. The predicted octanol–water partition coefficient (Wildman–Crippen LogP) is 2.38. The van der Waals surface area contributed by atoms with Crippen LogP contribution in [0.5, 0.6) is 0 Å². The molecule has 1 N–H and O–H groups in total. The molecule has 1 aliphatic rings. The van der Waals surface area contributed by atoms with Crippen LogP contribution in [0.1, 0.15) is 18.5 Å². The second kappa shape index (κ2) is 4.41. The zero-order valence-corrected chi connectivity index (χ0v) is 9.92. The molecular weight excluding hydrogens is 240 g/mol. The molecule has 2 rings (SSSR count). The molecule has 1 aromatic rings. The third-order valence-corrected chi connectivity index (χ3v) is 3.53. The number of nitrogens with zero attached hydrogens (tertiary/aromatic N) is 1. The van der Waals surface area contributed by atoms with E-state index in [9.17, 15) is 0 Å². The van der Waals surface area contributed by atoms with Gasteiger partial charge in [-0.3, -0.25) is 4.98 Å². The lowest BCUT2D eigenvalue weighted by atomic mass is 10.1. The van der Waals surface area contributed by atoms with Crippen molar-refractivity contribution in [1.82, 2.24) is 10.3 Å². The van der Waals surface area contributed by atoms with Crippen molar-refractivity contribution in [1.29, 1.82) is 0 Å². The monoisotopic (exact) mass is 254 g/mol. The number of hydrogen-bond donors (Lipinski definition) is 1. The number of nitrogens with one attached hydrogen (secondary N) is 1. The van der Waals surface area contributed by atoms with Gasteiger partial charge in [-0.2, -0.15) is 0 Å². The lowest BCUT2D eigenvalue weighted by molar-refractivity contribution is 0.495. The summed E-state index contributed by atoms with van der Waals surface area (Å²) in [5.41, 5.74) is 1.17. The van der Waals surface area contributed by atoms with Crippen LogP contribution in [0.4, 0.5) is 0 Å². The highest BCUT2D eigenvalue weighted by molar-refractivity contribution is 9.10. The van der Waals surface area contributed by atoms with Crippen molar-refractivity contribution in [3.63, 3.8) is 0 Å². The zero-order valence-electron chi connectivity index (χ0n) is 8.33. The normalized spacial score (nSPS) is 18.1. The van der Waals surface area contributed by atoms with Gasteiger partial charge in [-0.25, -0.2) is 0 Å². The Balaban J connectivity index is 2.04. The molecule has 0 spiro atoms. The molecule has 0 aromatic carbocycles. The van der Waals surface area contributed by atoms with Gasteiger partial charge in [0.05, 0.1) is 5.69 Å². The van der Waals surface area contributed by atoms with Crippen LogP contribution >= 0.6 is 15.9 Å². The molecule has 1 heterocycles. The van der Waals surface area contributed by atoms with Crippen molar-refractivity contribution in [3.05, 3.63) is 28.5 Å². The Labute approximate surface area is 93.3 Å². The van der Waals surface area contributed by atoms with Crippen molar-refractivity contribution in [2.75, 3.05) is 7.05 Å². The van der Waals surface area contributed by atoms with Gasteiger partial charge in [-0.15, -0.1) is 0 Å². The van der Waals surface area contributed by atoms with E-state index in [-0.39, 0.29) is 0 Å². The first kappa shape index (κ1) is 10.1. The Kier molecular flexibility index (Phi) is 3.19. The minimum atomic E-state index is 0.598. The summed E-state index contributed by atoms with van der Waals surface area (Å²) in [6, 6.07) is 4.61. The van der Waals surface area contributed by atoms with Crippen molar-refractivity contribution >= 4 is 15.9 Å². The van der Waals surface area contributed by atoms with E-state index >= 15 is 0 Å². The highest BCUT2D eigenvalue weighted by Crippen LogP contribution is 2.34. The maximum atomic E-state index is 4.39. The number of pyridine rings is 1. The van der Waals surface area contributed by atoms with Gasteiger partial charge in [-0.05, 0) is 53.9 Å². The number of halogens is 1. The molecule has 0 amide bonds. The van der Waals surface area contributed by atoms with Crippen molar-refractivity contribution in [3.8, 4) is 0 Å². The van der Waals surface area contributed by atoms with Crippen LogP contribution in [-0.2, 0) is 6.42 Å². The van der Waals surface area contributed by atoms with E-state index in [1.807, 2.05) is 19.3 Å². The number of rotatable bonds is 4. The lowest BCUT2D eigenvalue weighted by Crippen LogP contribution is -2.30. The van der Waals surface area contributed by atoms with E-state index < -0.39 is 0 Å². The van der Waals surface area contributed by atoms with E-state index in [1.54, 1.807) is 0 Å². The molecule has 1 unspecified atom stereocenters. The van der Waals surface area contributed by atoms with Crippen LogP contribution in [0.15, 0.2) is 22.8 Å². The fraction of sp³-hybridized carbons (Fsp3) is 0.545. The quantitative estimate of drug-likeness (QED) is 0.893. The van der Waals surface area contributed by atoms with Gasteiger partial charge in [-0.1, -0.05) is 0 Å². The first-order valence-electron chi connectivity index (χ1n) is 5.08. The van der Waals surface area contributed by atoms with Crippen LogP contribution in [0.3, 0.4) is 0 Å². The van der Waals surface area contributed by atoms with Gasteiger partial charge in [0.2, 0.25) is 0 Å². The molecule has 0 saturated heterocycles. The first-order chi connectivity index (χ1) is 6.81. The van der Waals surface area contributed by atoms with Crippen molar-refractivity contribution in [2.24, 2.45) is 5.92 Å². The standard InChI is InChI=1S/C11H15BrN2/c1-13-10(8-4-5-8)7-11-9(12)3-2-6-14-11/h2-3,6,8,10,13H,4-5,7H2,1H3. The molecule has 1 aliphatic carbocycles. The number of hydrogen-bond acceptors (Lipinski definition) is 2. The Hall–Kier alpha value is -0.410.